The average Bonchev–Trinajstić information content (AvgIpc) is 2.95. The van der Waals surface area contributed by atoms with Gasteiger partial charge in [-0.05, 0) is 30.3 Å². The molecule has 3 heterocycles. The summed E-state index contributed by atoms with van der Waals surface area (Å²) in [7, 11) is 0. The van der Waals surface area contributed by atoms with Gasteiger partial charge in [0.15, 0.2) is 6.29 Å². The van der Waals surface area contributed by atoms with E-state index in [2.05, 4.69) is 0 Å². The van der Waals surface area contributed by atoms with E-state index in [0.717, 1.165) is 17.4 Å². The molecule has 0 aliphatic heterocycles. The van der Waals surface area contributed by atoms with Crippen molar-refractivity contribution < 1.29 is 9.21 Å². The van der Waals surface area contributed by atoms with Gasteiger partial charge in [0.25, 0.3) is 0 Å². The smallest absolute Gasteiger partial charge is 0.167 e. The van der Waals surface area contributed by atoms with E-state index in [4.69, 9.17) is 4.42 Å². The van der Waals surface area contributed by atoms with Crippen LogP contribution in [0.1, 0.15) is 10.5 Å². The summed E-state index contributed by atoms with van der Waals surface area (Å²) in [5.41, 5.74) is 2.42. The number of hydrogen-bond donors (Lipinski definition) is 0. The van der Waals surface area contributed by atoms with E-state index < -0.39 is 0 Å². The van der Waals surface area contributed by atoms with Crippen molar-refractivity contribution in [1.82, 2.24) is 4.40 Å². The molecule has 3 heteroatoms. The first-order valence-corrected chi connectivity index (χ1v) is 4.99. The maximum absolute atomic E-state index is 11.1. The second-order valence-electron chi connectivity index (χ2n) is 3.53. The second-order valence-corrected chi connectivity index (χ2v) is 3.53. The zero-order valence-corrected chi connectivity index (χ0v) is 8.46. The first-order chi connectivity index (χ1) is 7.90. The number of fused-ring (bicyclic) bond motifs is 1. The summed E-state index contributed by atoms with van der Waals surface area (Å²) in [6, 6.07) is 11.4. The van der Waals surface area contributed by atoms with Crippen LogP contribution in [0.25, 0.3) is 16.8 Å². The number of aromatic nitrogens is 1. The Bertz CT molecular complexity index is 635. The number of aldehydes is 1. The molecule has 0 atom stereocenters. The Kier molecular flexibility index (Phi) is 1.90. The van der Waals surface area contributed by atoms with Gasteiger partial charge >= 0.3 is 0 Å². The Balaban J connectivity index is 2.37. The summed E-state index contributed by atoms with van der Waals surface area (Å²) < 4.78 is 7.17. The van der Waals surface area contributed by atoms with Gasteiger partial charge in [-0.2, -0.15) is 0 Å². The number of pyridine rings is 1. The molecule has 0 fully saturated rings. The van der Waals surface area contributed by atoms with Crippen molar-refractivity contribution in [2.75, 3.05) is 0 Å². The highest BCUT2D eigenvalue weighted by atomic mass is 16.3. The minimum absolute atomic E-state index is 0.616. The molecule has 3 aromatic heterocycles. The Hall–Kier alpha value is -2.29. The third kappa shape index (κ3) is 1.18. The third-order valence-electron chi connectivity index (χ3n) is 2.62. The fourth-order valence-corrected chi connectivity index (χ4v) is 1.89. The van der Waals surface area contributed by atoms with E-state index in [1.54, 1.807) is 6.26 Å². The summed E-state index contributed by atoms with van der Waals surface area (Å²) in [5, 5.41) is 0. The van der Waals surface area contributed by atoms with Gasteiger partial charge in [0.05, 0.1) is 12.0 Å². The van der Waals surface area contributed by atoms with Crippen LogP contribution in [0.3, 0.4) is 0 Å². The van der Waals surface area contributed by atoms with E-state index in [9.17, 15) is 4.79 Å². The minimum Gasteiger partial charge on any atom is -0.464 e. The molecular formula is C13H9NO2. The standard InChI is InChI=1S/C13H9NO2/c15-9-12-11(13-5-3-7-16-13)8-10-4-1-2-6-14(10)12/h1-9H. The molecule has 0 amide bonds. The van der Waals surface area contributed by atoms with Crippen LogP contribution in [0.15, 0.2) is 53.3 Å². The van der Waals surface area contributed by atoms with E-state index in [1.165, 1.54) is 0 Å². The molecule has 0 saturated carbocycles. The van der Waals surface area contributed by atoms with Gasteiger partial charge in [0.1, 0.15) is 5.76 Å². The highest BCUT2D eigenvalue weighted by molar-refractivity contribution is 5.88. The quantitative estimate of drug-likeness (QED) is 0.610. The Labute approximate surface area is 91.9 Å². The molecule has 0 radical (unpaired) electrons. The van der Waals surface area contributed by atoms with Crippen LogP contribution < -0.4 is 0 Å². The molecule has 0 aliphatic carbocycles. The van der Waals surface area contributed by atoms with Gasteiger partial charge < -0.3 is 8.82 Å². The SMILES string of the molecule is O=Cc1c(-c2ccco2)cc2ccccn12. The zero-order chi connectivity index (χ0) is 11.0. The number of rotatable bonds is 2. The fraction of sp³-hybridized carbons (Fsp3) is 0. The van der Waals surface area contributed by atoms with Crippen molar-refractivity contribution >= 4 is 11.8 Å². The van der Waals surface area contributed by atoms with Crippen LogP contribution in [0.4, 0.5) is 0 Å². The van der Waals surface area contributed by atoms with Crippen molar-refractivity contribution in [2.24, 2.45) is 0 Å². The van der Waals surface area contributed by atoms with Crippen LogP contribution in [0.2, 0.25) is 0 Å². The van der Waals surface area contributed by atoms with Crippen LogP contribution in [0.5, 0.6) is 0 Å². The van der Waals surface area contributed by atoms with E-state index in [-0.39, 0.29) is 0 Å². The molecular weight excluding hydrogens is 202 g/mol. The van der Waals surface area contributed by atoms with E-state index >= 15 is 0 Å². The lowest BCUT2D eigenvalue weighted by molar-refractivity contribution is 0.111. The van der Waals surface area contributed by atoms with Crippen molar-refractivity contribution in [3.8, 4) is 11.3 Å². The van der Waals surface area contributed by atoms with Gasteiger partial charge in [-0.3, -0.25) is 4.79 Å². The molecule has 0 aliphatic rings. The van der Waals surface area contributed by atoms with Gasteiger partial charge in [-0.25, -0.2) is 0 Å². The van der Waals surface area contributed by atoms with Gasteiger partial charge in [-0.1, -0.05) is 6.07 Å². The molecule has 0 saturated heterocycles. The maximum atomic E-state index is 11.1. The van der Waals surface area contributed by atoms with E-state index in [1.807, 2.05) is 47.0 Å². The lowest BCUT2D eigenvalue weighted by Gasteiger charge is -1.96. The Morgan fingerprint density at radius 3 is 2.88 bits per heavy atom. The van der Waals surface area contributed by atoms with Gasteiger partial charge in [-0.15, -0.1) is 0 Å². The predicted molar refractivity (Wildman–Crippen MR) is 60.5 cm³/mol. The normalized spacial score (nSPS) is 10.8. The summed E-state index contributed by atoms with van der Waals surface area (Å²) in [6.45, 7) is 0. The van der Waals surface area contributed by atoms with Crippen molar-refractivity contribution in [3.63, 3.8) is 0 Å². The van der Waals surface area contributed by atoms with Crippen molar-refractivity contribution in [1.29, 1.82) is 0 Å². The number of hydrogen-bond acceptors (Lipinski definition) is 2. The average molecular weight is 211 g/mol. The minimum atomic E-state index is 0.616. The molecule has 3 aromatic rings. The van der Waals surface area contributed by atoms with Gasteiger partial charge in [0, 0.05) is 17.3 Å². The molecule has 0 spiro atoms. The van der Waals surface area contributed by atoms with Crippen molar-refractivity contribution in [3.05, 3.63) is 54.6 Å². The molecule has 0 unspecified atom stereocenters. The van der Waals surface area contributed by atoms with Crippen LogP contribution in [0, 0.1) is 0 Å². The summed E-state index contributed by atoms with van der Waals surface area (Å²) >= 11 is 0. The largest absolute Gasteiger partial charge is 0.464 e. The maximum Gasteiger partial charge on any atom is 0.167 e. The monoisotopic (exact) mass is 211 g/mol. The first kappa shape index (κ1) is 8.97. The fourth-order valence-electron chi connectivity index (χ4n) is 1.89. The van der Waals surface area contributed by atoms with Crippen LogP contribution in [-0.4, -0.2) is 10.7 Å². The lowest BCUT2D eigenvalue weighted by atomic mass is 10.2. The highest BCUT2D eigenvalue weighted by Gasteiger charge is 2.12. The summed E-state index contributed by atoms with van der Waals surface area (Å²) in [4.78, 5) is 11.1. The highest BCUT2D eigenvalue weighted by Crippen LogP contribution is 2.26. The molecule has 78 valence electrons. The second kappa shape index (κ2) is 3.38. The third-order valence-corrected chi connectivity index (χ3v) is 2.62. The molecule has 0 bridgehead atoms. The van der Waals surface area contributed by atoms with Crippen LogP contribution >= 0.6 is 0 Å². The zero-order valence-electron chi connectivity index (χ0n) is 8.46. The van der Waals surface area contributed by atoms with Crippen molar-refractivity contribution in [2.45, 2.75) is 0 Å². The Morgan fingerprint density at radius 1 is 1.19 bits per heavy atom. The molecule has 0 aromatic carbocycles. The predicted octanol–water partition coefficient (Wildman–Crippen LogP) is 3.01. The lowest BCUT2D eigenvalue weighted by Crippen LogP contribution is -1.90. The number of carbonyl (C=O) groups is 1. The number of nitrogens with zero attached hydrogens (tertiary/aromatic N) is 1. The summed E-state index contributed by atoms with van der Waals surface area (Å²) in [5.74, 6) is 0.714. The number of carbonyl (C=O) groups excluding carboxylic acids is 1. The van der Waals surface area contributed by atoms with Crippen LogP contribution in [-0.2, 0) is 0 Å². The van der Waals surface area contributed by atoms with Gasteiger partial charge in [0.2, 0.25) is 0 Å². The molecule has 3 nitrogen and oxygen atoms in total. The summed E-state index contributed by atoms with van der Waals surface area (Å²) in [6.07, 6.45) is 4.32. The molecule has 0 N–H and O–H groups in total. The topological polar surface area (TPSA) is 34.6 Å². The first-order valence-electron chi connectivity index (χ1n) is 4.99. The molecule has 16 heavy (non-hydrogen) atoms. The Morgan fingerprint density at radius 2 is 2.12 bits per heavy atom. The van der Waals surface area contributed by atoms with E-state index in [0.29, 0.717) is 11.5 Å². The number of furan rings is 1. The molecule has 3 rings (SSSR count).